The summed E-state index contributed by atoms with van der Waals surface area (Å²) in [6.07, 6.45) is 0.929. The van der Waals surface area contributed by atoms with Crippen LogP contribution in [0.2, 0.25) is 5.02 Å². The normalized spacial score (nSPS) is 15.7. The number of rotatable bonds is 12. The smallest absolute Gasteiger partial charge is 0.333 e. The molecule has 5 amide bonds. The molecule has 0 aliphatic carbocycles. The van der Waals surface area contributed by atoms with Crippen molar-refractivity contribution < 1.29 is 36.8 Å². The van der Waals surface area contributed by atoms with Crippen LogP contribution in [0.25, 0.3) is 11.1 Å². The third kappa shape index (κ3) is 8.77. The number of Topliss-reactive ketones (excluding diaryl/α,β-unsaturated/α-hetero) is 1. The highest BCUT2D eigenvalue weighted by Crippen LogP contribution is 2.23. The van der Waals surface area contributed by atoms with E-state index in [1.807, 2.05) is 4.72 Å². The Morgan fingerprint density at radius 1 is 0.865 bits per heavy atom. The van der Waals surface area contributed by atoms with Gasteiger partial charge in [0, 0.05) is 22.8 Å². The minimum Gasteiger partial charge on any atom is -0.434 e. The molecule has 3 aromatic carbocycles. The summed E-state index contributed by atoms with van der Waals surface area (Å²) in [7, 11) is -4.16. The molecule has 0 radical (unpaired) electrons. The number of likely N-dealkylation sites (tertiary alicyclic amines) is 1. The molecule has 0 bridgehead atoms. The molecule has 0 spiro atoms. The Hall–Kier alpha value is -5.28. The van der Waals surface area contributed by atoms with Crippen molar-refractivity contribution in [2.75, 3.05) is 11.9 Å². The number of hydrogen-bond acceptors (Lipinski definition) is 9. The average molecular weight is 751 g/mol. The summed E-state index contributed by atoms with van der Waals surface area (Å²) in [6.45, 7) is 7.41. The molecule has 1 saturated heterocycles. The lowest BCUT2D eigenvalue weighted by molar-refractivity contribution is -0.140. The zero-order valence-electron chi connectivity index (χ0n) is 28.9. The van der Waals surface area contributed by atoms with Gasteiger partial charge in [-0.15, -0.1) is 0 Å². The molecule has 4 N–H and O–H groups in total. The fraction of sp³-hybridized carbons (Fsp3) is 0.333. The average Bonchev–Trinajstić information content (AvgIpc) is 3.77. The van der Waals surface area contributed by atoms with Gasteiger partial charge in [0.1, 0.15) is 17.6 Å². The summed E-state index contributed by atoms with van der Waals surface area (Å²) in [4.78, 5) is 72.2. The first-order chi connectivity index (χ1) is 24.6. The fourth-order valence-electron chi connectivity index (χ4n) is 5.77. The van der Waals surface area contributed by atoms with Gasteiger partial charge in [0.05, 0.1) is 10.9 Å². The van der Waals surface area contributed by atoms with Crippen LogP contribution in [-0.2, 0) is 19.6 Å². The van der Waals surface area contributed by atoms with Crippen molar-refractivity contribution in [3.63, 3.8) is 0 Å². The Bertz CT molecular complexity index is 2050. The van der Waals surface area contributed by atoms with Gasteiger partial charge in [-0.2, -0.15) is 0 Å². The van der Waals surface area contributed by atoms with Crippen LogP contribution in [0.1, 0.15) is 61.6 Å². The van der Waals surface area contributed by atoms with Crippen molar-refractivity contribution in [3.05, 3.63) is 89.3 Å². The largest absolute Gasteiger partial charge is 0.434 e. The molecular weight excluding hydrogens is 712 g/mol. The maximum atomic E-state index is 13.9. The van der Waals surface area contributed by atoms with Gasteiger partial charge in [-0.25, -0.2) is 22.9 Å². The standard InChI is InChI=1S/C36H39ClN6O8S/c1-20(2)29(31(44)34-39-26-8-5-6-10-28(26)51-34)40-33(46)27-9-7-19-43(27)35(47)30(21(3)4)41-32(45)22-11-15-24(16-12-22)38-36(48)42-52(49,50)25-17-13-23(37)14-18-25/h5-6,8,10-18,20-21,27,29-30H,7,9,19H2,1-4H3,(H,40,46)(H,41,45)(H2,38,42,48)/t27-,29-,30-/m0/s1. The van der Waals surface area contributed by atoms with E-state index in [9.17, 15) is 32.4 Å². The number of fused-ring (bicyclic) bond motifs is 1. The number of benzene rings is 3. The monoisotopic (exact) mass is 750 g/mol. The lowest BCUT2D eigenvalue weighted by Gasteiger charge is -2.31. The first-order valence-electron chi connectivity index (χ1n) is 16.7. The molecule has 16 heteroatoms. The molecule has 52 heavy (non-hydrogen) atoms. The molecule has 14 nitrogen and oxygen atoms in total. The number of carbonyl (C=O) groups excluding carboxylic acids is 5. The molecule has 1 fully saturated rings. The minimum absolute atomic E-state index is 0.115. The third-order valence-electron chi connectivity index (χ3n) is 8.57. The van der Waals surface area contributed by atoms with Crippen LogP contribution in [0.3, 0.4) is 0 Å². The molecule has 1 aliphatic heterocycles. The summed E-state index contributed by atoms with van der Waals surface area (Å²) in [5.74, 6) is -2.75. The SMILES string of the molecule is CC(C)[C@H](NC(=O)[C@@H]1CCCN1C(=O)[C@@H](NC(=O)c1ccc(NC(=O)NS(=O)(=O)c2ccc(Cl)cc2)cc1)C(C)C)C(=O)c1nc2ccccc2o1. The number of para-hydroxylation sites is 2. The lowest BCUT2D eigenvalue weighted by Crippen LogP contribution is -2.57. The topological polar surface area (TPSA) is 197 Å². The summed E-state index contributed by atoms with van der Waals surface area (Å²) in [6, 6.07) is 14.1. The Morgan fingerprint density at radius 2 is 1.52 bits per heavy atom. The number of urea groups is 1. The first kappa shape index (κ1) is 38.0. The van der Waals surface area contributed by atoms with Gasteiger partial charge >= 0.3 is 6.03 Å². The van der Waals surface area contributed by atoms with Crippen LogP contribution in [0.5, 0.6) is 0 Å². The summed E-state index contributed by atoms with van der Waals surface area (Å²) in [5, 5.41) is 8.33. The van der Waals surface area contributed by atoms with E-state index < -0.39 is 57.7 Å². The van der Waals surface area contributed by atoms with Crippen molar-refractivity contribution in [2.45, 2.75) is 63.6 Å². The molecule has 1 aromatic heterocycles. The second-order valence-corrected chi connectivity index (χ2v) is 15.2. The van der Waals surface area contributed by atoms with Gasteiger partial charge < -0.3 is 25.3 Å². The molecule has 5 rings (SSSR count). The highest BCUT2D eigenvalue weighted by Gasteiger charge is 2.40. The predicted molar refractivity (Wildman–Crippen MR) is 193 cm³/mol. The lowest BCUT2D eigenvalue weighted by atomic mass is 9.98. The van der Waals surface area contributed by atoms with E-state index in [1.165, 1.54) is 53.4 Å². The number of anilines is 1. The number of oxazole rings is 1. The van der Waals surface area contributed by atoms with E-state index in [0.29, 0.717) is 29.0 Å². The third-order valence-corrected chi connectivity index (χ3v) is 10.2. The summed E-state index contributed by atoms with van der Waals surface area (Å²) >= 11 is 5.80. The molecule has 4 aromatic rings. The van der Waals surface area contributed by atoms with Crippen molar-refractivity contribution >= 4 is 67.9 Å². The minimum atomic E-state index is -4.16. The summed E-state index contributed by atoms with van der Waals surface area (Å²) in [5.41, 5.74) is 1.35. The Labute approximate surface area is 305 Å². The Morgan fingerprint density at radius 3 is 2.15 bits per heavy atom. The van der Waals surface area contributed by atoms with E-state index >= 15 is 0 Å². The highest BCUT2D eigenvalue weighted by atomic mass is 35.5. The molecule has 1 aliphatic rings. The van der Waals surface area contributed by atoms with E-state index in [1.54, 1.807) is 52.0 Å². The Balaban J connectivity index is 1.21. The van der Waals surface area contributed by atoms with Crippen LogP contribution in [0.15, 0.2) is 82.1 Å². The van der Waals surface area contributed by atoms with Gasteiger partial charge in [-0.3, -0.25) is 19.2 Å². The molecule has 274 valence electrons. The number of sulfonamides is 1. The number of amides is 5. The number of halogens is 1. The van der Waals surface area contributed by atoms with Crippen molar-refractivity contribution in [1.82, 2.24) is 25.2 Å². The number of nitrogens with zero attached hydrogens (tertiary/aromatic N) is 2. The van der Waals surface area contributed by atoms with E-state index in [4.69, 9.17) is 16.0 Å². The number of aromatic nitrogens is 1. The quantitative estimate of drug-likeness (QED) is 0.148. The van der Waals surface area contributed by atoms with Gasteiger partial charge in [0.2, 0.25) is 17.6 Å². The molecule has 0 unspecified atom stereocenters. The number of nitrogens with one attached hydrogen (secondary N) is 4. The van der Waals surface area contributed by atoms with Gasteiger partial charge in [0.25, 0.3) is 21.8 Å². The van der Waals surface area contributed by atoms with Crippen molar-refractivity contribution in [1.29, 1.82) is 0 Å². The van der Waals surface area contributed by atoms with E-state index in [-0.39, 0.29) is 40.4 Å². The number of hydrogen-bond donors (Lipinski definition) is 4. The maximum absolute atomic E-state index is 13.9. The van der Waals surface area contributed by atoms with Crippen LogP contribution in [0.4, 0.5) is 10.5 Å². The van der Waals surface area contributed by atoms with E-state index in [0.717, 1.165) is 0 Å². The van der Waals surface area contributed by atoms with Gasteiger partial charge in [0.15, 0.2) is 5.58 Å². The van der Waals surface area contributed by atoms with Crippen LogP contribution < -0.4 is 20.7 Å². The fourth-order valence-corrected chi connectivity index (χ4v) is 6.80. The molecular formula is C36H39ClN6O8S. The first-order valence-corrected chi connectivity index (χ1v) is 18.5. The number of ketones is 1. The molecule has 2 heterocycles. The zero-order chi connectivity index (χ0) is 37.7. The second kappa shape index (κ2) is 15.9. The summed E-state index contributed by atoms with van der Waals surface area (Å²) < 4.78 is 32.6. The highest BCUT2D eigenvalue weighted by molar-refractivity contribution is 7.90. The molecule has 3 atom stereocenters. The van der Waals surface area contributed by atoms with Crippen LogP contribution in [-0.4, -0.2) is 72.5 Å². The second-order valence-electron chi connectivity index (χ2n) is 13.1. The van der Waals surface area contributed by atoms with Gasteiger partial charge in [-0.1, -0.05) is 51.4 Å². The molecule has 0 saturated carbocycles. The van der Waals surface area contributed by atoms with Crippen LogP contribution in [0, 0.1) is 11.8 Å². The number of carbonyl (C=O) groups is 5. The van der Waals surface area contributed by atoms with Crippen molar-refractivity contribution in [3.8, 4) is 0 Å². The zero-order valence-corrected chi connectivity index (χ0v) is 30.5. The predicted octanol–water partition coefficient (Wildman–Crippen LogP) is 4.76. The van der Waals surface area contributed by atoms with E-state index in [2.05, 4.69) is 20.9 Å². The maximum Gasteiger partial charge on any atom is 0.333 e. The van der Waals surface area contributed by atoms with Crippen molar-refractivity contribution in [2.24, 2.45) is 11.8 Å². The Kier molecular flexibility index (Phi) is 11.6. The van der Waals surface area contributed by atoms with Crippen LogP contribution >= 0.6 is 11.6 Å². The van der Waals surface area contributed by atoms with Gasteiger partial charge in [-0.05, 0) is 85.3 Å².